The number of hydrogen-bond acceptors (Lipinski definition) is 3. The van der Waals surface area contributed by atoms with Crippen molar-refractivity contribution in [3.05, 3.63) is 89.7 Å². The standard InChI is InChI=1S/C27H24N6O/c1-28-15-23-9-11-32(23)27(34)19-5-8-24-21(13-19)17-31-16-20(18-3-6-22(29-2)7-4-18)14-25(31)26-30-10-12-33(24)26/h3-8,10,12-14,16,23,28H,9,11,15,17H2,1H3/t23-/m0/s1. The summed E-state index contributed by atoms with van der Waals surface area (Å²) in [6.07, 6.45) is 6.96. The van der Waals surface area contributed by atoms with Crippen molar-refractivity contribution in [2.45, 2.75) is 19.0 Å². The Morgan fingerprint density at radius 2 is 2.03 bits per heavy atom. The first-order valence-electron chi connectivity index (χ1n) is 11.5. The lowest BCUT2D eigenvalue weighted by Crippen LogP contribution is -2.54. The summed E-state index contributed by atoms with van der Waals surface area (Å²) in [5.41, 5.74) is 6.65. The number of likely N-dealkylation sites (tertiary alicyclic amines) is 1. The van der Waals surface area contributed by atoms with Crippen LogP contribution in [-0.4, -0.2) is 51.1 Å². The quantitative estimate of drug-likeness (QED) is 0.416. The first-order chi connectivity index (χ1) is 16.7. The molecule has 1 amide bonds. The lowest BCUT2D eigenvalue weighted by atomic mass is 9.99. The van der Waals surface area contributed by atoms with Crippen molar-refractivity contribution < 1.29 is 4.79 Å². The Morgan fingerprint density at radius 1 is 1.18 bits per heavy atom. The van der Waals surface area contributed by atoms with Crippen LogP contribution in [0.15, 0.2) is 67.1 Å². The molecule has 0 spiro atoms. The van der Waals surface area contributed by atoms with Gasteiger partial charge in [0.1, 0.15) is 0 Å². The lowest BCUT2D eigenvalue weighted by molar-refractivity contribution is 0.0468. The van der Waals surface area contributed by atoms with E-state index < -0.39 is 0 Å². The van der Waals surface area contributed by atoms with Crippen LogP contribution in [0.5, 0.6) is 0 Å². The summed E-state index contributed by atoms with van der Waals surface area (Å²) in [5.74, 6) is 0.969. The maximum Gasteiger partial charge on any atom is 0.254 e. The average molecular weight is 449 g/mol. The van der Waals surface area contributed by atoms with E-state index in [-0.39, 0.29) is 11.9 Å². The van der Waals surface area contributed by atoms with Crippen LogP contribution in [0.1, 0.15) is 22.3 Å². The minimum atomic E-state index is 0.0951. The van der Waals surface area contributed by atoms with Gasteiger partial charge in [-0.2, -0.15) is 0 Å². The molecule has 2 aromatic heterocycles. The summed E-state index contributed by atoms with van der Waals surface area (Å²) in [5, 5.41) is 3.18. The van der Waals surface area contributed by atoms with Crippen LogP contribution in [0.2, 0.25) is 0 Å². The Kier molecular flexibility index (Phi) is 4.82. The number of benzene rings is 2. The molecule has 2 aliphatic heterocycles. The van der Waals surface area contributed by atoms with Gasteiger partial charge >= 0.3 is 0 Å². The zero-order valence-electron chi connectivity index (χ0n) is 18.9. The summed E-state index contributed by atoms with van der Waals surface area (Å²) in [7, 11) is 1.92. The molecule has 0 unspecified atom stereocenters. The van der Waals surface area contributed by atoms with Crippen molar-refractivity contribution in [2.24, 2.45) is 0 Å². The van der Waals surface area contributed by atoms with Crippen LogP contribution < -0.4 is 5.32 Å². The van der Waals surface area contributed by atoms with Crippen LogP contribution in [-0.2, 0) is 6.54 Å². The van der Waals surface area contributed by atoms with Crippen molar-refractivity contribution in [3.8, 4) is 28.3 Å². The van der Waals surface area contributed by atoms with Gasteiger partial charge in [0.25, 0.3) is 5.91 Å². The molecule has 0 radical (unpaired) electrons. The molecule has 0 aliphatic carbocycles. The minimum absolute atomic E-state index is 0.0951. The molecule has 4 aromatic rings. The molecule has 6 rings (SSSR count). The van der Waals surface area contributed by atoms with Gasteiger partial charge in [-0.25, -0.2) is 9.83 Å². The first-order valence-corrected chi connectivity index (χ1v) is 11.5. The Labute approximate surface area is 198 Å². The van der Waals surface area contributed by atoms with Crippen LogP contribution in [0.25, 0.3) is 33.2 Å². The van der Waals surface area contributed by atoms with Crippen molar-refractivity contribution in [1.29, 1.82) is 0 Å². The number of rotatable bonds is 4. The van der Waals surface area contributed by atoms with E-state index in [1.807, 2.05) is 66.8 Å². The van der Waals surface area contributed by atoms with Crippen LogP contribution >= 0.6 is 0 Å². The summed E-state index contributed by atoms with van der Waals surface area (Å²) in [6.45, 7) is 9.46. The van der Waals surface area contributed by atoms with Gasteiger partial charge in [0, 0.05) is 55.4 Å². The van der Waals surface area contributed by atoms with E-state index in [4.69, 9.17) is 6.57 Å². The van der Waals surface area contributed by atoms with Crippen LogP contribution in [0.4, 0.5) is 5.69 Å². The van der Waals surface area contributed by atoms with Gasteiger partial charge in [-0.3, -0.25) is 9.36 Å². The largest absolute Gasteiger partial charge is 0.340 e. The molecular formula is C27H24N6O. The predicted molar refractivity (Wildman–Crippen MR) is 131 cm³/mol. The van der Waals surface area contributed by atoms with Gasteiger partial charge in [-0.05, 0) is 48.9 Å². The van der Waals surface area contributed by atoms with E-state index >= 15 is 0 Å². The Balaban J connectivity index is 1.39. The molecule has 1 N–H and O–H groups in total. The molecule has 0 saturated carbocycles. The van der Waals surface area contributed by atoms with Gasteiger partial charge < -0.3 is 14.8 Å². The number of nitrogens with one attached hydrogen (secondary N) is 1. The van der Waals surface area contributed by atoms with E-state index in [9.17, 15) is 4.79 Å². The van der Waals surface area contributed by atoms with Gasteiger partial charge in [0.05, 0.1) is 18.0 Å². The van der Waals surface area contributed by atoms with Crippen molar-refractivity contribution in [1.82, 2.24) is 24.3 Å². The summed E-state index contributed by atoms with van der Waals surface area (Å²) < 4.78 is 4.30. The first kappa shape index (κ1) is 20.5. The average Bonchev–Trinajstić information content (AvgIpc) is 3.47. The van der Waals surface area contributed by atoms with E-state index in [0.29, 0.717) is 12.2 Å². The number of carbonyl (C=O) groups excluding carboxylic acids is 1. The zero-order valence-corrected chi connectivity index (χ0v) is 18.9. The molecule has 4 heterocycles. The third-order valence-electron chi connectivity index (χ3n) is 6.87. The molecule has 34 heavy (non-hydrogen) atoms. The van der Waals surface area contributed by atoms with Gasteiger partial charge in [0.2, 0.25) is 0 Å². The van der Waals surface area contributed by atoms with Gasteiger partial charge in [0.15, 0.2) is 11.5 Å². The number of hydrogen-bond donors (Lipinski definition) is 1. The monoisotopic (exact) mass is 448 g/mol. The molecule has 1 saturated heterocycles. The SMILES string of the molecule is [C-]#[N+]c1ccc(-c2cc3n(c2)Cc2cc(C(=O)N4CC[C@H]4CNC)ccc2-n2ccnc2-3)cc1. The molecule has 7 heteroatoms. The minimum Gasteiger partial charge on any atom is -0.340 e. The number of likely N-dealkylation sites (N-methyl/N-ethyl adjacent to an activating group) is 1. The fourth-order valence-electron chi connectivity index (χ4n) is 4.99. The third kappa shape index (κ3) is 3.23. The molecule has 168 valence electrons. The number of amides is 1. The maximum atomic E-state index is 13.2. The molecule has 7 nitrogen and oxygen atoms in total. The summed E-state index contributed by atoms with van der Waals surface area (Å²) >= 11 is 0. The van der Waals surface area contributed by atoms with E-state index in [2.05, 4.69) is 36.5 Å². The highest BCUT2D eigenvalue weighted by atomic mass is 16.2. The smallest absolute Gasteiger partial charge is 0.254 e. The highest BCUT2D eigenvalue weighted by Crippen LogP contribution is 2.35. The highest BCUT2D eigenvalue weighted by Gasteiger charge is 2.32. The number of carbonyl (C=O) groups is 1. The second-order valence-corrected chi connectivity index (χ2v) is 8.86. The van der Waals surface area contributed by atoms with E-state index in [1.165, 1.54) is 0 Å². The van der Waals surface area contributed by atoms with Crippen molar-refractivity contribution in [2.75, 3.05) is 20.1 Å². The topological polar surface area (TPSA) is 59.5 Å². The summed E-state index contributed by atoms with van der Waals surface area (Å²) in [4.78, 5) is 23.3. The number of fused-ring (bicyclic) bond motifs is 5. The molecular weight excluding hydrogens is 424 g/mol. The zero-order chi connectivity index (χ0) is 23.2. The Bertz CT molecular complexity index is 1440. The van der Waals surface area contributed by atoms with E-state index in [0.717, 1.165) is 59.0 Å². The van der Waals surface area contributed by atoms with Crippen molar-refractivity contribution >= 4 is 11.6 Å². The molecule has 2 aromatic carbocycles. The molecule has 2 aliphatic rings. The van der Waals surface area contributed by atoms with Gasteiger partial charge in [-0.1, -0.05) is 24.3 Å². The fraction of sp³-hybridized carbons (Fsp3) is 0.222. The second-order valence-electron chi connectivity index (χ2n) is 8.86. The molecule has 1 fully saturated rings. The lowest BCUT2D eigenvalue weighted by Gasteiger charge is -2.41. The third-order valence-corrected chi connectivity index (χ3v) is 6.87. The molecule has 1 atom stereocenters. The normalized spacial score (nSPS) is 16.0. The number of aromatic nitrogens is 3. The summed E-state index contributed by atoms with van der Waals surface area (Å²) in [6, 6.07) is 16.1. The highest BCUT2D eigenvalue weighted by molar-refractivity contribution is 5.95. The Hall–Kier alpha value is -4.15. The van der Waals surface area contributed by atoms with E-state index in [1.54, 1.807) is 0 Å². The molecule has 0 bridgehead atoms. The van der Waals surface area contributed by atoms with Gasteiger partial charge in [-0.15, -0.1) is 0 Å². The fourth-order valence-corrected chi connectivity index (χ4v) is 4.99. The second kappa shape index (κ2) is 8.01. The number of nitrogens with zero attached hydrogens (tertiary/aromatic N) is 5. The Morgan fingerprint density at radius 3 is 2.76 bits per heavy atom. The van der Waals surface area contributed by atoms with Crippen LogP contribution in [0.3, 0.4) is 0 Å². The number of imidazole rings is 1. The van der Waals surface area contributed by atoms with Crippen LogP contribution in [0, 0.1) is 6.57 Å². The van der Waals surface area contributed by atoms with Crippen molar-refractivity contribution in [3.63, 3.8) is 0 Å². The maximum absolute atomic E-state index is 13.2. The predicted octanol–water partition coefficient (Wildman–Crippen LogP) is 4.35.